The number of hydrogen-bond acceptors (Lipinski definition) is 5. The standard InChI is InChI=1S/C24H22N4O4/c29-20(27-12-10-16(11-13-27)23(30)26-17-6-2-1-3-7-17)14-28-15-25-21-18-8-4-5-9-19(18)32-22(21)24(28)31/h1-9,15-16H,10-14H2,(H,26,30). The number of benzene rings is 2. The summed E-state index contributed by atoms with van der Waals surface area (Å²) in [4.78, 5) is 44.2. The summed E-state index contributed by atoms with van der Waals surface area (Å²) in [5.74, 6) is -0.346. The van der Waals surface area contributed by atoms with Gasteiger partial charge in [-0.25, -0.2) is 4.98 Å². The molecule has 8 nitrogen and oxygen atoms in total. The van der Waals surface area contributed by atoms with Crippen molar-refractivity contribution in [2.45, 2.75) is 19.4 Å². The van der Waals surface area contributed by atoms with Crippen LogP contribution in [0.3, 0.4) is 0 Å². The maximum atomic E-state index is 12.8. The van der Waals surface area contributed by atoms with Crippen LogP contribution in [0.5, 0.6) is 0 Å². The number of para-hydroxylation sites is 2. The van der Waals surface area contributed by atoms with E-state index in [0.717, 1.165) is 11.1 Å². The fraction of sp³-hybridized carbons (Fsp3) is 0.250. The van der Waals surface area contributed by atoms with Crippen LogP contribution < -0.4 is 10.9 Å². The number of likely N-dealkylation sites (tertiary alicyclic amines) is 1. The number of aromatic nitrogens is 2. The van der Waals surface area contributed by atoms with Gasteiger partial charge in [-0.05, 0) is 37.1 Å². The first-order chi connectivity index (χ1) is 15.6. The third-order valence-corrected chi connectivity index (χ3v) is 5.92. The van der Waals surface area contributed by atoms with E-state index >= 15 is 0 Å². The van der Waals surface area contributed by atoms with E-state index in [-0.39, 0.29) is 35.4 Å². The van der Waals surface area contributed by atoms with Crippen LogP contribution in [0.1, 0.15) is 12.8 Å². The number of carbonyl (C=O) groups excluding carboxylic acids is 2. The molecule has 4 aromatic rings. The second-order valence-corrected chi connectivity index (χ2v) is 7.96. The molecule has 32 heavy (non-hydrogen) atoms. The molecule has 0 atom stereocenters. The lowest BCUT2D eigenvalue weighted by Gasteiger charge is -2.31. The Morgan fingerprint density at radius 1 is 1.03 bits per heavy atom. The van der Waals surface area contributed by atoms with Crippen LogP contribution >= 0.6 is 0 Å². The van der Waals surface area contributed by atoms with E-state index in [1.807, 2.05) is 48.5 Å². The van der Waals surface area contributed by atoms with Crippen LogP contribution in [0, 0.1) is 5.92 Å². The molecule has 2 amide bonds. The van der Waals surface area contributed by atoms with Gasteiger partial charge < -0.3 is 14.6 Å². The van der Waals surface area contributed by atoms with Crippen molar-refractivity contribution in [2.24, 2.45) is 5.92 Å². The van der Waals surface area contributed by atoms with Crippen LogP contribution in [0.2, 0.25) is 0 Å². The Morgan fingerprint density at radius 2 is 1.75 bits per heavy atom. The van der Waals surface area contributed by atoms with Crippen LogP contribution in [0.25, 0.3) is 22.1 Å². The molecule has 162 valence electrons. The maximum absolute atomic E-state index is 12.8. The normalized spacial score (nSPS) is 14.7. The topological polar surface area (TPSA) is 97.4 Å². The fourth-order valence-electron chi connectivity index (χ4n) is 4.13. The van der Waals surface area contributed by atoms with E-state index in [1.165, 1.54) is 10.9 Å². The molecule has 8 heteroatoms. The molecule has 1 aliphatic rings. The molecule has 0 bridgehead atoms. The molecular weight excluding hydrogens is 408 g/mol. The highest BCUT2D eigenvalue weighted by Crippen LogP contribution is 2.24. The number of furan rings is 1. The summed E-state index contributed by atoms with van der Waals surface area (Å²) in [6.45, 7) is 0.835. The minimum atomic E-state index is -0.378. The van der Waals surface area contributed by atoms with Gasteiger partial charge in [0.2, 0.25) is 17.4 Å². The lowest BCUT2D eigenvalue weighted by atomic mass is 9.95. The molecule has 0 unspecified atom stereocenters. The summed E-state index contributed by atoms with van der Waals surface area (Å²) in [6, 6.07) is 16.7. The molecule has 1 saturated heterocycles. The number of nitrogens with one attached hydrogen (secondary N) is 1. The van der Waals surface area contributed by atoms with Crippen molar-refractivity contribution in [3.63, 3.8) is 0 Å². The molecule has 0 saturated carbocycles. The van der Waals surface area contributed by atoms with Crippen molar-refractivity contribution in [2.75, 3.05) is 18.4 Å². The predicted molar refractivity (Wildman–Crippen MR) is 120 cm³/mol. The van der Waals surface area contributed by atoms with Crippen LogP contribution in [0.15, 0.2) is 70.1 Å². The largest absolute Gasteiger partial charge is 0.448 e. The van der Waals surface area contributed by atoms with E-state index in [0.29, 0.717) is 37.0 Å². The molecule has 1 N–H and O–H groups in total. The quantitative estimate of drug-likeness (QED) is 0.537. The summed E-state index contributed by atoms with van der Waals surface area (Å²) < 4.78 is 6.95. The van der Waals surface area contributed by atoms with Gasteiger partial charge in [0.05, 0.1) is 6.33 Å². The molecule has 1 fully saturated rings. The Bertz CT molecular complexity index is 1350. The van der Waals surface area contributed by atoms with Crippen molar-refractivity contribution in [3.05, 3.63) is 71.3 Å². The smallest absolute Gasteiger partial charge is 0.297 e. The van der Waals surface area contributed by atoms with E-state index in [4.69, 9.17) is 4.42 Å². The van der Waals surface area contributed by atoms with Gasteiger partial charge in [0, 0.05) is 30.1 Å². The summed E-state index contributed by atoms with van der Waals surface area (Å²) in [7, 11) is 0. The van der Waals surface area contributed by atoms with E-state index < -0.39 is 0 Å². The highest BCUT2D eigenvalue weighted by molar-refractivity contribution is 6.01. The molecule has 0 radical (unpaired) electrons. The van der Waals surface area contributed by atoms with Gasteiger partial charge in [-0.2, -0.15) is 0 Å². The number of piperidine rings is 1. The molecule has 0 aliphatic carbocycles. The molecule has 0 spiro atoms. The van der Waals surface area contributed by atoms with Crippen molar-refractivity contribution in [1.29, 1.82) is 0 Å². The molecule has 3 heterocycles. The van der Waals surface area contributed by atoms with Gasteiger partial charge in [-0.3, -0.25) is 19.0 Å². The SMILES string of the molecule is O=C(Nc1ccccc1)C1CCN(C(=O)Cn2cnc3c(oc4ccccc43)c2=O)CC1. The highest BCUT2D eigenvalue weighted by atomic mass is 16.3. The van der Waals surface area contributed by atoms with Gasteiger partial charge in [-0.1, -0.05) is 30.3 Å². The number of fused-ring (bicyclic) bond motifs is 3. The second-order valence-electron chi connectivity index (χ2n) is 7.96. The van der Waals surface area contributed by atoms with Crippen molar-refractivity contribution in [1.82, 2.24) is 14.5 Å². The number of rotatable bonds is 4. The van der Waals surface area contributed by atoms with E-state index in [1.54, 1.807) is 11.0 Å². The minimum Gasteiger partial charge on any atom is -0.448 e. The Hall–Kier alpha value is -3.94. The van der Waals surface area contributed by atoms with Crippen LogP contribution in [0.4, 0.5) is 5.69 Å². The average Bonchev–Trinajstić information content (AvgIpc) is 3.21. The first-order valence-corrected chi connectivity index (χ1v) is 10.6. The van der Waals surface area contributed by atoms with Crippen molar-refractivity contribution in [3.8, 4) is 0 Å². The molecule has 2 aromatic heterocycles. The summed E-state index contributed by atoms with van der Waals surface area (Å²) >= 11 is 0. The monoisotopic (exact) mass is 430 g/mol. The minimum absolute atomic E-state index is 0.0287. The van der Waals surface area contributed by atoms with Gasteiger partial charge >= 0.3 is 0 Å². The lowest BCUT2D eigenvalue weighted by Crippen LogP contribution is -2.43. The number of hydrogen-bond donors (Lipinski definition) is 1. The first-order valence-electron chi connectivity index (χ1n) is 10.6. The summed E-state index contributed by atoms with van der Waals surface area (Å²) in [5.41, 5.74) is 1.63. The Balaban J connectivity index is 1.24. The number of carbonyl (C=O) groups is 2. The zero-order valence-electron chi connectivity index (χ0n) is 17.4. The van der Waals surface area contributed by atoms with Gasteiger partial charge in [-0.15, -0.1) is 0 Å². The Morgan fingerprint density at radius 3 is 2.53 bits per heavy atom. The molecule has 5 rings (SSSR count). The maximum Gasteiger partial charge on any atom is 0.297 e. The molecule has 2 aromatic carbocycles. The zero-order valence-corrected chi connectivity index (χ0v) is 17.4. The Labute approximate surface area is 183 Å². The molecule has 1 aliphatic heterocycles. The first kappa shape index (κ1) is 20.0. The highest BCUT2D eigenvalue weighted by Gasteiger charge is 2.28. The van der Waals surface area contributed by atoms with E-state index in [9.17, 15) is 14.4 Å². The average molecular weight is 430 g/mol. The van der Waals surface area contributed by atoms with Gasteiger partial charge in [0.25, 0.3) is 5.56 Å². The third kappa shape index (κ3) is 3.75. The second kappa shape index (κ2) is 8.30. The fourth-order valence-corrected chi connectivity index (χ4v) is 4.13. The van der Waals surface area contributed by atoms with Crippen LogP contribution in [-0.4, -0.2) is 39.4 Å². The van der Waals surface area contributed by atoms with Crippen molar-refractivity contribution < 1.29 is 14.0 Å². The van der Waals surface area contributed by atoms with Crippen LogP contribution in [-0.2, 0) is 16.1 Å². The third-order valence-electron chi connectivity index (χ3n) is 5.92. The molecular formula is C24H22N4O4. The number of amides is 2. The lowest BCUT2D eigenvalue weighted by molar-refractivity contribution is -0.135. The van der Waals surface area contributed by atoms with E-state index in [2.05, 4.69) is 10.3 Å². The Kier molecular flexibility index (Phi) is 5.18. The summed E-state index contributed by atoms with van der Waals surface area (Å²) in [6.07, 6.45) is 2.56. The van der Waals surface area contributed by atoms with Crippen molar-refractivity contribution >= 4 is 39.6 Å². The predicted octanol–water partition coefficient (Wildman–Crippen LogP) is 3.02. The zero-order chi connectivity index (χ0) is 22.1. The van der Waals surface area contributed by atoms with Gasteiger partial charge in [0.15, 0.2) is 0 Å². The summed E-state index contributed by atoms with van der Waals surface area (Å²) in [5, 5.41) is 3.70. The number of anilines is 1. The number of nitrogens with zero attached hydrogens (tertiary/aromatic N) is 3. The van der Waals surface area contributed by atoms with Gasteiger partial charge in [0.1, 0.15) is 17.6 Å².